The van der Waals surface area contributed by atoms with Crippen molar-refractivity contribution in [1.29, 1.82) is 0 Å². The number of nitrogens with zero attached hydrogens (tertiary/aromatic N) is 2. The molecule has 100 valence electrons. The van der Waals surface area contributed by atoms with E-state index in [1.165, 1.54) is 5.69 Å². The van der Waals surface area contributed by atoms with Crippen molar-refractivity contribution >= 4 is 0 Å². The Morgan fingerprint density at radius 1 is 1.26 bits per heavy atom. The summed E-state index contributed by atoms with van der Waals surface area (Å²) in [6, 6.07) is 8.63. The second kappa shape index (κ2) is 4.82. The normalized spacial score (nSPS) is 27.4. The Kier molecular flexibility index (Phi) is 3.15. The van der Waals surface area contributed by atoms with E-state index in [0.717, 1.165) is 31.2 Å². The van der Waals surface area contributed by atoms with Crippen molar-refractivity contribution in [1.82, 2.24) is 9.55 Å². The minimum Gasteiger partial charge on any atom is -0.385 e. The van der Waals surface area contributed by atoms with Crippen molar-refractivity contribution in [2.75, 3.05) is 0 Å². The number of hydrogen-bond donors (Lipinski definition) is 1. The molecule has 2 aromatic heterocycles. The Balaban J connectivity index is 1.75. The van der Waals surface area contributed by atoms with E-state index in [1.54, 1.807) is 12.4 Å². The average Bonchev–Trinajstić information content (AvgIpc) is 2.87. The molecule has 0 bridgehead atoms. The van der Waals surface area contributed by atoms with Crippen molar-refractivity contribution < 1.29 is 5.11 Å². The molecule has 0 aliphatic heterocycles. The summed E-state index contributed by atoms with van der Waals surface area (Å²) in [7, 11) is 0. The second-order valence-corrected chi connectivity index (χ2v) is 5.56. The van der Waals surface area contributed by atoms with Crippen LogP contribution in [0.5, 0.6) is 0 Å². The van der Waals surface area contributed by atoms with Gasteiger partial charge >= 0.3 is 0 Å². The molecule has 1 saturated carbocycles. The molecule has 0 unspecified atom stereocenters. The molecule has 1 aliphatic rings. The molecule has 0 radical (unpaired) electrons. The SMILES string of the molecule is Cc1cccn1C1CCC(O)(c2cccnc2)CC1. The molecule has 0 spiro atoms. The van der Waals surface area contributed by atoms with Crippen molar-refractivity contribution in [3.05, 3.63) is 54.1 Å². The molecule has 0 amide bonds. The molecule has 1 N–H and O–H groups in total. The highest BCUT2D eigenvalue weighted by molar-refractivity contribution is 5.19. The monoisotopic (exact) mass is 256 g/mol. The molecular weight excluding hydrogens is 236 g/mol. The Hall–Kier alpha value is -1.61. The first kappa shape index (κ1) is 12.4. The lowest BCUT2D eigenvalue weighted by Gasteiger charge is -2.37. The van der Waals surface area contributed by atoms with Gasteiger partial charge in [0.1, 0.15) is 0 Å². The Bertz CT molecular complexity index is 539. The topological polar surface area (TPSA) is 38.0 Å². The van der Waals surface area contributed by atoms with Crippen molar-refractivity contribution in [3.63, 3.8) is 0 Å². The third-order valence-electron chi connectivity index (χ3n) is 4.37. The first-order valence-electron chi connectivity index (χ1n) is 6.95. The van der Waals surface area contributed by atoms with Gasteiger partial charge in [0.05, 0.1) is 5.60 Å². The number of aryl methyl sites for hydroxylation is 1. The lowest BCUT2D eigenvalue weighted by molar-refractivity contribution is -0.0127. The van der Waals surface area contributed by atoms with Gasteiger partial charge in [-0.15, -0.1) is 0 Å². The van der Waals surface area contributed by atoms with Gasteiger partial charge in [-0.1, -0.05) is 6.07 Å². The summed E-state index contributed by atoms with van der Waals surface area (Å²) in [5, 5.41) is 10.8. The fraction of sp³-hybridized carbons (Fsp3) is 0.438. The van der Waals surface area contributed by atoms with Crippen LogP contribution >= 0.6 is 0 Å². The average molecular weight is 256 g/mol. The van der Waals surface area contributed by atoms with Gasteiger partial charge in [-0.25, -0.2) is 0 Å². The molecular formula is C16H20N2O. The van der Waals surface area contributed by atoms with E-state index >= 15 is 0 Å². The van der Waals surface area contributed by atoms with Crippen molar-refractivity contribution in [2.24, 2.45) is 0 Å². The van der Waals surface area contributed by atoms with Crippen LogP contribution in [-0.4, -0.2) is 14.7 Å². The van der Waals surface area contributed by atoms with Gasteiger partial charge in [0.2, 0.25) is 0 Å². The predicted octanol–water partition coefficient (Wildman–Crippen LogP) is 3.19. The number of pyridine rings is 1. The first-order valence-corrected chi connectivity index (χ1v) is 6.95. The van der Waals surface area contributed by atoms with Crippen LogP contribution in [0.15, 0.2) is 42.9 Å². The van der Waals surface area contributed by atoms with Gasteiger partial charge in [-0.3, -0.25) is 4.98 Å². The zero-order chi connectivity index (χ0) is 13.3. The number of aromatic nitrogens is 2. The third kappa shape index (κ3) is 2.30. The van der Waals surface area contributed by atoms with E-state index in [-0.39, 0.29) is 0 Å². The summed E-state index contributed by atoms with van der Waals surface area (Å²) in [6.45, 7) is 2.14. The van der Waals surface area contributed by atoms with Gasteiger partial charge in [-0.05, 0) is 50.8 Å². The summed E-state index contributed by atoms with van der Waals surface area (Å²) in [6.07, 6.45) is 9.33. The molecule has 19 heavy (non-hydrogen) atoms. The van der Waals surface area contributed by atoms with Gasteiger partial charge < -0.3 is 9.67 Å². The number of rotatable bonds is 2. The van der Waals surface area contributed by atoms with Gasteiger partial charge in [0, 0.05) is 35.9 Å². The van der Waals surface area contributed by atoms with Gasteiger partial charge in [0.15, 0.2) is 0 Å². The van der Waals surface area contributed by atoms with Crippen LogP contribution in [0, 0.1) is 6.92 Å². The summed E-state index contributed by atoms with van der Waals surface area (Å²) in [4.78, 5) is 4.12. The molecule has 2 aromatic rings. The summed E-state index contributed by atoms with van der Waals surface area (Å²) in [5.74, 6) is 0. The maximum absolute atomic E-state index is 10.8. The zero-order valence-corrected chi connectivity index (χ0v) is 11.3. The molecule has 0 aromatic carbocycles. The summed E-state index contributed by atoms with van der Waals surface area (Å²) >= 11 is 0. The van der Waals surface area contributed by atoms with Crippen molar-refractivity contribution in [2.45, 2.75) is 44.2 Å². The Morgan fingerprint density at radius 3 is 2.63 bits per heavy atom. The molecule has 0 saturated heterocycles. The molecule has 2 heterocycles. The van der Waals surface area contributed by atoms with Crippen molar-refractivity contribution in [3.8, 4) is 0 Å². The third-order valence-corrected chi connectivity index (χ3v) is 4.37. The molecule has 3 heteroatoms. The van der Waals surface area contributed by atoms with E-state index < -0.39 is 5.60 Å². The van der Waals surface area contributed by atoms with Crippen LogP contribution in [0.25, 0.3) is 0 Å². The predicted molar refractivity (Wildman–Crippen MR) is 74.8 cm³/mol. The number of aliphatic hydroxyl groups is 1. The van der Waals surface area contributed by atoms with Crippen LogP contribution in [0.2, 0.25) is 0 Å². The van der Waals surface area contributed by atoms with Crippen LogP contribution in [0.1, 0.15) is 43.0 Å². The van der Waals surface area contributed by atoms with Crippen LogP contribution in [-0.2, 0) is 5.60 Å². The van der Waals surface area contributed by atoms with E-state index in [9.17, 15) is 5.11 Å². The Labute approximate surface area is 113 Å². The van der Waals surface area contributed by atoms with Crippen LogP contribution in [0.3, 0.4) is 0 Å². The van der Waals surface area contributed by atoms with Crippen LogP contribution < -0.4 is 0 Å². The highest BCUT2D eigenvalue weighted by Crippen LogP contribution is 2.41. The quantitative estimate of drug-likeness (QED) is 0.896. The van der Waals surface area contributed by atoms with E-state index in [2.05, 4.69) is 34.8 Å². The minimum absolute atomic E-state index is 0.520. The molecule has 1 fully saturated rings. The standard InChI is InChI=1S/C16H20N2O/c1-13-4-3-11-18(13)15-6-8-16(19,9-7-15)14-5-2-10-17-12-14/h2-5,10-12,15,19H,6-9H2,1H3. The molecule has 3 nitrogen and oxygen atoms in total. The summed E-state index contributed by atoms with van der Waals surface area (Å²) in [5.41, 5.74) is 1.57. The molecule has 1 aliphatic carbocycles. The highest BCUT2D eigenvalue weighted by Gasteiger charge is 2.35. The van der Waals surface area contributed by atoms with E-state index in [4.69, 9.17) is 0 Å². The molecule has 0 atom stereocenters. The maximum Gasteiger partial charge on any atom is 0.0912 e. The lowest BCUT2D eigenvalue weighted by Crippen LogP contribution is -2.32. The zero-order valence-electron chi connectivity index (χ0n) is 11.3. The first-order chi connectivity index (χ1) is 9.19. The Morgan fingerprint density at radius 2 is 2.05 bits per heavy atom. The lowest BCUT2D eigenvalue weighted by atomic mass is 9.78. The van der Waals surface area contributed by atoms with Gasteiger partial charge in [0.25, 0.3) is 0 Å². The second-order valence-electron chi connectivity index (χ2n) is 5.56. The van der Waals surface area contributed by atoms with Crippen LogP contribution in [0.4, 0.5) is 0 Å². The molecule has 3 rings (SSSR count). The fourth-order valence-corrected chi connectivity index (χ4v) is 3.17. The maximum atomic E-state index is 10.8. The number of hydrogen-bond acceptors (Lipinski definition) is 2. The smallest absolute Gasteiger partial charge is 0.0912 e. The highest BCUT2D eigenvalue weighted by atomic mass is 16.3. The largest absolute Gasteiger partial charge is 0.385 e. The fourth-order valence-electron chi connectivity index (χ4n) is 3.17. The van der Waals surface area contributed by atoms with E-state index in [1.807, 2.05) is 12.1 Å². The van der Waals surface area contributed by atoms with Gasteiger partial charge in [-0.2, -0.15) is 0 Å². The van der Waals surface area contributed by atoms with E-state index in [0.29, 0.717) is 6.04 Å². The minimum atomic E-state index is -0.689. The summed E-state index contributed by atoms with van der Waals surface area (Å²) < 4.78 is 2.34.